The van der Waals surface area contributed by atoms with E-state index in [4.69, 9.17) is 5.26 Å². The van der Waals surface area contributed by atoms with Crippen LogP contribution in [0.1, 0.15) is 44.1 Å². The Morgan fingerprint density at radius 2 is 1.93 bits per heavy atom. The van der Waals surface area contributed by atoms with Crippen molar-refractivity contribution >= 4 is 16.7 Å². The van der Waals surface area contributed by atoms with Gasteiger partial charge in [0.2, 0.25) is 0 Å². The molecule has 160 valence electrons. The van der Waals surface area contributed by atoms with Gasteiger partial charge in [0.1, 0.15) is 12.1 Å². The maximum absolute atomic E-state index is 13.0. The fourth-order valence-corrected chi connectivity index (χ4v) is 4.78. The maximum atomic E-state index is 13.0. The van der Waals surface area contributed by atoms with E-state index in [0.29, 0.717) is 17.9 Å². The second-order valence-corrected chi connectivity index (χ2v) is 8.57. The van der Waals surface area contributed by atoms with Crippen LogP contribution in [0, 0.1) is 23.2 Å². The summed E-state index contributed by atoms with van der Waals surface area (Å²) in [5.41, 5.74) is 1.37. The third-order valence-electron chi connectivity index (χ3n) is 6.44. The van der Waals surface area contributed by atoms with Gasteiger partial charge in [-0.2, -0.15) is 18.4 Å². The molecule has 1 N–H and O–H groups in total. The van der Waals surface area contributed by atoms with Crippen LogP contribution in [0.4, 0.5) is 19.0 Å². The lowest BCUT2D eigenvalue weighted by Crippen LogP contribution is -2.44. The highest BCUT2D eigenvalue weighted by Crippen LogP contribution is 2.35. The Morgan fingerprint density at radius 3 is 2.67 bits per heavy atom. The van der Waals surface area contributed by atoms with Gasteiger partial charge < -0.3 is 10.2 Å². The predicted octanol–water partition coefficient (Wildman–Crippen LogP) is 4.75. The highest BCUT2D eigenvalue weighted by molar-refractivity contribution is 5.89. The standard InChI is InChI=1S/C22H26F3N5/c23-22(24,25)17-2-1-9-30(13-17)12-15-3-6-18(7-4-15)29-21-19-10-16(11-26)5-8-20(19)27-14-28-21/h5,8,10,14-15,17-18H,1-4,6-7,9,12-13H2,(H,27,28,29). The van der Waals surface area contributed by atoms with Crippen LogP contribution in [0.15, 0.2) is 24.5 Å². The number of nitriles is 1. The molecule has 0 radical (unpaired) electrons. The zero-order chi connectivity index (χ0) is 21.1. The molecule has 1 unspecified atom stereocenters. The van der Waals surface area contributed by atoms with E-state index in [1.54, 1.807) is 12.1 Å². The van der Waals surface area contributed by atoms with Crippen molar-refractivity contribution < 1.29 is 13.2 Å². The molecule has 5 nitrogen and oxygen atoms in total. The lowest BCUT2D eigenvalue weighted by atomic mass is 9.85. The predicted molar refractivity (Wildman–Crippen MR) is 109 cm³/mol. The quantitative estimate of drug-likeness (QED) is 0.778. The second-order valence-electron chi connectivity index (χ2n) is 8.57. The third-order valence-corrected chi connectivity index (χ3v) is 6.44. The van der Waals surface area contributed by atoms with Gasteiger partial charge in [-0.1, -0.05) is 0 Å². The minimum Gasteiger partial charge on any atom is -0.367 e. The van der Waals surface area contributed by atoms with E-state index in [2.05, 4.69) is 21.4 Å². The zero-order valence-corrected chi connectivity index (χ0v) is 16.8. The average Bonchev–Trinajstić information content (AvgIpc) is 2.75. The van der Waals surface area contributed by atoms with Crippen LogP contribution in [0.2, 0.25) is 0 Å². The van der Waals surface area contributed by atoms with E-state index in [-0.39, 0.29) is 19.0 Å². The Kier molecular flexibility index (Phi) is 6.09. The first-order valence-electron chi connectivity index (χ1n) is 10.6. The molecular formula is C22H26F3N5. The van der Waals surface area contributed by atoms with Gasteiger partial charge in [-0.3, -0.25) is 0 Å². The summed E-state index contributed by atoms with van der Waals surface area (Å²) >= 11 is 0. The van der Waals surface area contributed by atoms with Crippen molar-refractivity contribution in [2.24, 2.45) is 11.8 Å². The van der Waals surface area contributed by atoms with Crippen molar-refractivity contribution in [2.45, 2.75) is 50.7 Å². The number of fused-ring (bicyclic) bond motifs is 1. The molecule has 2 aromatic rings. The smallest absolute Gasteiger partial charge is 0.367 e. The number of hydrogen-bond donors (Lipinski definition) is 1. The van der Waals surface area contributed by atoms with Gasteiger partial charge in [-0.25, -0.2) is 9.97 Å². The average molecular weight is 417 g/mol. The summed E-state index contributed by atoms with van der Waals surface area (Å²) in [7, 11) is 0. The molecule has 1 aliphatic carbocycles. The minimum atomic E-state index is -4.08. The number of benzene rings is 1. The molecule has 1 saturated carbocycles. The van der Waals surface area contributed by atoms with Crippen molar-refractivity contribution in [3.8, 4) is 6.07 Å². The first kappa shape index (κ1) is 20.9. The molecule has 8 heteroatoms. The summed E-state index contributed by atoms with van der Waals surface area (Å²) in [4.78, 5) is 10.7. The number of aromatic nitrogens is 2. The molecule has 2 aliphatic rings. The van der Waals surface area contributed by atoms with Gasteiger partial charge in [0.25, 0.3) is 0 Å². The van der Waals surface area contributed by atoms with Crippen molar-refractivity contribution in [1.82, 2.24) is 14.9 Å². The monoisotopic (exact) mass is 417 g/mol. The highest BCUT2D eigenvalue weighted by Gasteiger charge is 2.42. The number of nitrogens with zero attached hydrogens (tertiary/aromatic N) is 4. The number of piperidine rings is 1. The van der Waals surface area contributed by atoms with Crippen LogP contribution in [0.3, 0.4) is 0 Å². The van der Waals surface area contributed by atoms with Gasteiger partial charge in [0, 0.05) is 24.5 Å². The van der Waals surface area contributed by atoms with Crippen LogP contribution < -0.4 is 5.32 Å². The van der Waals surface area contributed by atoms with E-state index >= 15 is 0 Å². The molecule has 1 aliphatic heterocycles. The van der Waals surface area contributed by atoms with Gasteiger partial charge in [0.05, 0.1) is 23.1 Å². The zero-order valence-electron chi connectivity index (χ0n) is 16.8. The van der Waals surface area contributed by atoms with Crippen LogP contribution in [0.25, 0.3) is 10.9 Å². The Hall–Kier alpha value is -2.40. The van der Waals surface area contributed by atoms with E-state index in [1.165, 1.54) is 6.33 Å². The molecule has 1 atom stereocenters. The normalized spacial score (nSPS) is 25.7. The molecule has 1 saturated heterocycles. The fourth-order valence-electron chi connectivity index (χ4n) is 4.78. The van der Waals surface area contributed by atoms with Gasteiger partial charge >= 0.3 is 6.18 Å². The largest absolute Gasteiger partial charge is 0.393 e. The number of halogens is 3. The molecule has 30 heavy (non-hydrogen) atoms. The second kappa shape index (κ2) is 8.76. The van der Waals surface area contributed by atoms with Gasteiger partial charge in [-0.15, -0.1) is 0 Å². The van der Waals surface area contributed by atoms with Crippen molar-refractivity contribution in [2.75, 3.05) is 25.0 Å². The molecule has 2 fully saturated rings. The summed E-state index contributed by atoms with van der Waals surface area (Å²) in [6, 6.07) is 7.79. The lowest BCUT2D eigenvalue weighted by Gasteiger charge is -2.37. The number of nitrogens with one attached hydrogen (secondary N) is 1. The number of anilines is 1. The molecule has 1 aromatic carbocycles. The molecule has 0 amide bonds. The van der Waals surface area contributed by atoms with Crippen molar-refractivity contribution in [3.05, 3.63) is 30.1 Å². The lowest BCUT2D eigenvalue weighted by molar-refractivity contribution is -0.187. The first-order chi connectivity index (χ1) is 14.4. The summed E-state index contributed by atoms with van der Waals surface area (Å²) in [5.74, 6) is 0.0144. The van der Waals surface area contributed by atoms with Crippen molar-refractivity contribution in [3.63, 3.8) is 0 Å². The van der Waals surface area contributed by atoms with Crippen LogP contribution in [0.5, 0.6) is 0 Å². The maximum Gasteiger partial charge on any atom is 0.393 e. The molecule has 0 bridgehead atoms. The van der Waals surface area contributed by atoms with E-state index in [1.807, 2.05) is 11.0 Å². The fraction of sp³-hybridized carbons (Fsp3) is 0.591. The molecule has 1 aromatic heterocycles. The Bertz CT molecular complexity index is 915. The Morgan fingerprint density at radius 1 is 1.13 bits per heavy atom. The summed E-state index contributed by atoms with van der Waals surface area (Å²) in [6.45, 7) is 1.69. The van der Waals surface area contributed by atoms with E-state index < -0.39 is 12.1 Å². The Labute approximate surface area is 174 Å². The topological polar surface area (TPSA) is 64.8 Å². The van der Waals surface area contributed by atoms with Gasteiger partial charge in [-0.05, 0) is 69.2 Å². The summed E-state index contributed by atoms with van der Waals surface area (Å²) in [5, 5.41) is 13.5. The highest BCUT2D eigenvalue weighted by atomic mass is 19.4. The van der Waals surface area contributed by atoms with Crippen molar-refractivity contribution in [1.29, 1.82) is 5.26 Å². The van der Waals surface area contributed by atoms with E-state index in [0.717, 1.165) is 55.5 Å². The Balaban J connectivity index is 1.32. The summed E-state index contributed by atoms with van der Waals surface area (Å²) < 4.78 is 39.1. The first-order valence-corrected chi connectivity index (χ1v) is 10.6. The van der Waals surface area contributed by atoms with Gasteiger partial charge in [0.15, 0.2) is 0 Å². The van der Waals surface area contributed by atoms with Crippen LogP contribution in [-0.2, 0) is 0 Å². The van der Waals surface area contributed by atoms with Crippen LogP contribution >= 0.6 is 0 Å². The SMILES string of the molecule is N#Cc1ccc2ncnc(NC3CCC(CN4CCCC(C(F)(F)F)C4)CC3)c2c1. The molecule has 4 rings (SSSR count). The molecule has 0 spiro atoms. The third kappa shape index (κ3) is 4.84. The summed E-state index contributed by atoms with van der Waals surface area (Å²) in [6.07, 6.45) is 2.26. The number of rotatable bonds is 4. The van der Waals surface area contributed by atoms with E-state index in [9.17, 15) is 13.2 Å². The van der Waals surface area contributed by atoms with Crippen LogP contribution in [-0.4, -0.2) is 46.7 Å². The minimum absolute atomic E-state index is 0.149. The molecule has 2 heterocycles. The number of likely N-dealkylation sites (tertiary alicyclic amines) is 1. The molecular weight excluding hydrogens is 391 g/mol. The number of hydrogen-bond acceptors (Lipinski definition) is 5. The number of alkyl halides is 3.